The van der Waals surface area contributed by atoms with Crippen LogP contribution in [0.1, 0.15) is 16.7 Å². The predicted molar refractivity (Wildman–Crippen MR) is 95.0 cm³/mol. The summed E-state index contributed by atoms with van der Waals surface area (Å²) in [6.45, 7) is 6.58. The Morgan fingerprint density at radius 3 is 2.57 bits per heavy atom. The molecule has 2 N–H and O–H groups in total. The Kier molecular flexibility index (Phi) is 5.61. The van der Waals surface area contributed by atoms with Gasteiger partial charge in [-0.3, -0.25) is 0 Å². The Bertz CT molecular complexity index is 719. The number of phenolic OH excluding ortho intramolecular Hbond substituents is 1. The highest BCUT2D eigenvalue weighted by Gasteiger charge is 2.11. The fourth-order valence-corrected chi connectivity index (χ4v) is 2.45. The van der Waals surface area contributed by atoms with E-state index in [-0.39, 0.29) is 12.4 Å². The summed E-state index contributed by atoms with van der Waals surface area (Å²) >= 11 is 0. The molecule has 2 aromatic carbocycles. The van der Waals surface area contributed by atoms with Crippen LogP contribution in [-0.4, -0.2) is 28.8 Å². The molecule has 2 rings (SSSR count). The van der Waals surface area contributed by atoms with Gasteiger partial charge in [-0.15, -0.1) is 0 Å². The van der Waals surface area contributed by atoms with Crippen LogP contribution < -0.4 is 0 Å². The van der Waals surface area contributed by atoms with Gasteiger partial charge in [0.2, 0.25) is 0 Å². The zero-order valence-corrected chi connectivity index (χ0v) is 13.7. The van der Waals surface area contributed by atoms with Crippen molar-refractivity contribution in [1.29, 1.82) is 0 Å². The van der Waals surface area contributed by atoms with Gasteiger partial charge in [0.1, 0.15) is 5.75 Å². The van der Waals surface area contributed by atoms with E-state index < -0.39 is 0 Å². The summed E-state index contributed by atoms with van der Waals surface area (Å²) < 4.78 is 0. The summed E-state index contributed by atoms with van der Waals surface area (Å²) in [7, 11) is 1.99. The minimum absolute atomic E-state index is 0.0967. The molecule has 0 fully saturated rings. The van der Waals surface area contributed by atoms with E-state index in [9.17, 15) is 10.2 Å². The maximum atomic E-state index is 9.75. The normalized spacial score (nSPS) is 11.3. The summed E-state index contributed by atoms with van der Waals surface area (Å²) in [4.78, 5) is 2.10. The van der Waals surface area contributed by atoms with Crippen LogP contribution in [0.25, 0.3) is 5.70 Å². The Morgan fingerprint density at radius 2 is 1.91 bits per heavy atom. The van der Waals surface area contributed by atoms with Gasteiger partial charge in [0.25, 0.3) is 0 Å². The molecule has 0 heterocycles. The predicted octanol–water partition coefficient (Wildman–Crippen LogP) is 3.72. The van der Waals surface area contributed by atoms with Gasteiger partial charge < -0.3 is 15.1 Å². The molecule has 0 saturated carbocycles. The van der Waals surface area contributed by atoms with E-state index in [1.807, 2.05) is 37.4 Å². The van der Waals surface area contributed by atoms with Crippen LogP contribution in [0.5, 0.6) is 5.75 Å². The number of aliphatic hydroxyl groups excluding tert-OH is 1. The van der Waals surface area contributed by atoms with Gasteiger partial charge in [0.05, 0.1) is 6.61 Å². The molecule has 0 aliphatic rings. The van der Waals surface area contributed by atoms with Crippen LogP contribution in [-0.2, 0) is 6.54 Å². The van der Waals surface area contributed by atoms with E-state index in [1.165, 1.54) is 11.1 Å². The van der Waals surface area contributed by atoms with Gasteiger partial charge >= 0.3 is 0 Å². The molecule has 0 unspecified atom stereocenters. The number of nitrogens with zero attached hydrogens (tertiary/aromatic N) is 1. The van der Waals surface area contributed by atoms with Gasteiger partial charge in [0.15, 0.2) is 0 Å². The maximum Gasteiger partial charge on any atom is 0.116 e. The number of rotatable bonds is 6. The van der Waals surface area contributed by atoms with E-state index in [1.54, 1.807) is 12.1 Å². The number of phenols is 1. The molecule has 23 heavy (non-hydrogen) atoms. The number of aliphatic hydroxyl groups is 1. The van der Waals surface area contributed by atoms with Gasteiger partial charge in [-0.25, -0.2) is 0 Å². The van der Waals surface area contributed by atoms with Crippen molar-refractivity contribution < 1.29 is 10.2 Å². The van der Waals surface area contributed by atoms with E-state index in [0.29, 0.717) is 5.57 Å². The van der Waals surface area contributed by atoms with Crippen molar-refractivity contribution in [3.8, 4) is 5.75 Å². The molecule has 0 bridgehead atoms. The Labute approximate surface area is 137 Å². The van der Waals surface area contributed by atoms with Crippen molar-refractivity contribution in [2.75, 3.05) is 13.7 Å². The van der Waals surface area contributed by atoms with Crippen molar-refractivity contribution in [1.82, 2.24) is 4.90 Å². The Morgan fingerprint density at radius 1 is 1.17 bits per heavy atom. The Balaban J connectivity index is 2.35. The molecule has 0 spiro atoms. The molecular formula is C20H23NO2. The van der Waals surface area contributed by atoms with E-state index in [2.05, 4.69) is 30.5 Å². The summed E-state index contributed by atoms with van der Waals surface area (Å²) in [6.07, 6.45) is 1.85. The lowest BCUT2D eigenvalue weighted by Crippen LogP contribution is -2.17. The molecule has 0 aromatic heterocycles. The first kappa shape index (κ1) is 16.8. The van der Waals surface area contributed by atoms with Crippen molar-refractivity contribution in [3.63, 3.8) is 0 Å². The second-order valence-electron chi connectivity index (χ2n) is 5.68. The minimum Gasteiger partial charge on any atom is -0.508 e. The molecule has 0 aliphatic heterocycles. The Hall–Kier alpha value is -2.52. The fourth-order valence-electron chi connectivity index (χ4n) is 2.45. The summed E-state index contributed by atoms with van der Waals surface area (Å²) in [5.74, 6) is 0.215. The van der Waals surface area contributed by atoms with Crippen molar-refractivity contribution in [2.45, 2.75) is 13.5 Å². The van der Waals surface area contributed by atoms with E-state index in [4.69, 9.17) is 0 Å². The number of hydrogen-bond acceptors (Lipinski definition) is 3. The highest BCUT2D eigenvalue weighted by Crippen LogP contribution is 2.25. The number of aromatic hydroxyl groups is 1. The maximum absolute atomic E-state index is 9.75. The summed E-state index contributed by atoms with van der Waals surface area (Å²) in [5, 5.41) is 19.0. The van der Waals surface area contributed by atoms with Crippen LogP contribution in [0.2, 0.25) is 0 Å². The molecule has 0 amide bonds. The molecule has 0 aliphatic carbocycles. The van der Waals surface area contributed by atoms with Crippen molar-refractivity contribution in [2.24, 2.45) is 0 Å². The van der Waals surface area contributed by atoms with Gasteiger partial charge in [-0.1, -0.05) is 43.0 Å². The van der Waals surface area contributed by atoms with Crippen LogP contribution in [0.15, 0.2) is 66.8 Å². The monoisotopic (exact) mass is 309 g/mol. The minimum atomic E-state index is -0.0967. The van der Waals surface area contributed by atoms with Crippen molar-refractivity contribution in [3.05, 3.63) is 83.4 Å². The third-order valence-corrected chi connectivity index (χ3v) is 3.77. The first-order valence-corrected chi connectivity index (χ1v) is 7.56. The third-order valence-electron chi connectivity index (χ3n) is 3.77. The SMILES string of the molecule is C=C(/C=C(/c1cccc(O)c1)N(C)Cc1ccccc1C)CO. The first-order valence-electron chi connectivity index (χ1n) is 7.56. The number of aryl methyl sites for hydroxylation is 1. The zero-order chi connectivity index (χ0) is 16.8. The lowest BCUT2D eigenvalue weighted by Gasteiger charge is -2.24. The number of benzene rings is 2. The largest absolute Gasteiger partial charge is 0.508 e. The average Bonchev–Trinajstić information content (AvgIpc) is 2.54. The zero-order valence-electron chi connectivity index (χ0n) is 13.7. The smallest absolute Gasteiger partial charge is 0.116 e. The molecular weight excluding hydrogens is 286 g/mol. The molecule has 0 radical (unpaired) electrons. The van der Waals surface area contributed by atoms with Crippen LogP contribution >= 0.6 is 0 Å². The summed E-state index contributed by atoms with van der Waals surface area (Å²) in [6, 6.07) is 15.3. The van der Waals surface area contributed by atoms with Crippen LogP contribution in [0.3, 0.4) is 0 Å². The molecule has 120 valence electrons. The van der Waals surface area contributed by atoms with Crippen LogP contribution in [0.4, 0.5) is 0 Å². The first-order chi connectivity index (χ1) is 11.0. The van der Waals surface area contributed by atoms with E-state index >= 15 is 0 Å². The molecule has 0 saturated heterocycles. The number of hydrogen-bond donors (Lipinski definition) is 2. The topological polar surface area (TPSA) is 43.7 Å². The summed E-state index contributed by atoms with van der Waals surface area (Å²) in [5.41, 5.74) is 4.88. The highest BCUT2D eigenvalue weighted by molar-refractivity contribution is 5.67. The highest BCUT2D eigenvalue weighted by atomic mass is 16.3. The fraction of sp³-hybridized carbons (Fsp3) is 0.200. The van der Waals surface area contributed by atoms with Crippen LogP contribution in [0, 0.1) is 6.92 Å². The van der Waals surface area contributed by atoms with Gasteiger partial charge in [-0.05, 0) is 41.8 Å². The molecule has 3 nitrogen and oxygen atoms in total. The second-order valence-corrected chi connectivity index (χ2v) is 5.68. The molecule has 3 heteroatoms. The second kappa shape index (κ2) is 7.65. The molecule has 0 atom stereocenters. The average molecular weight is 309 g/mol. The standard InChI is InChI=1S/C20H23NO2/c1-15(14-22)11-20(17-9-6-10-19(23)12-17)21(3)13-18-8-5-4-7-16(18)2/h4-12,22-23H,1,13-14H2,2-3H3/b20-11-. The lowest BCUT2D eigenvalue weighted by atomic mass is 10.1. The van der Waals surface area contributed by atoms with Crippen molar-refractivity contribution >= 4 is 5.70 Å². The van der Waals surface area contributed by atoms with Gasteiger partial charge in [-0.2, -0.15) is 0 Å². The van der Waals surface area contributed by atoms with E-state index in [0.717, 1.165) is 17.8 Å². The lowest BCUT2D eigenvalue weighted by molar-refractivity contribution is 0.335. The third kappa shape index (κ3) is 4.47. The molecule has 2 aromatic rings. The van der Waals surface area contributed by atoms with Gasteiger partial charge in [0, 0.05) is 24.9 Å². The quantitative estimate of drug-likeness (QED) is 0.799.